The molecule has 0 fully saturated rings. The summed E-state index contributed by atoms with van der Waals surface area (Å²) in [5.74, 6) is 2.21. The Kier molecular flexibility index (Phi) is 4.31. The molecule has 0 aliphatic rings. The number of thiazole rings is 1. The summed E-state index contributed by atoms with van der Waals surface area (Å²) in [4.78, 5) is 7.87. The van der Waals surface area contributed by atoms with Gasteiger partial charge in [0.05, 0.1) is 5.69 Å². The highest BCUT2D eigenvalue weighted by Gasteiger charge is 2.14. The fourth-order valence-electron chi connectivity index (χ4n) is 1.87. The van der Waals surface area contributed by atoms with Crippen molar-refractivity contribution >= 4 is 33.9 Å². The van der Waals surface area contributed by atoms with Crippen molar-refractivity contribution < 1.29 is 0 Å². The second-order valence-electron chi connectivity index (χ2n) is 3.91. The van der Waals surface area contributed by atoms with Gasteiger partial charge in [-0.25, -0.2) is 4.98 Å². The summed E-state index contributed by atoms with van der Waals surface area (Å²) in [6.45, 7) is 1.55. The molecule has 0 aromatic carbocycles. The Morgan fingerprint density at radius 2 is 2.41 bits per heavy atom. The Labute approximate surface area is 110 Å². The lowest BCUT2D eigenvalue weighted by Crippen LogP contribution is -2.21. The van der Waals surface area contributed by atoms with Crippen molar-refractivity contribution in [3.63, 3.8) is 0 Å². The van der Waals surface area contributed by atoms with Gasteiger partial charge < -0.3 is 10.6 Å². The van der Waals surface area contributed by atoms with Gasteiger partial charge in [-0.1, -0.05) is 0 Å². The fourth-order valence-corrected chi connectivity index (χ4v) is 3.01. The molecule has 0 unspecified atom stereocenters. The van der Waals surface area contributed by atoms with Crippen molar-refractivity contribution in [2.24, 2.45) is 5.73 Å². The molecule has 2 aromatic heterocycles. The molecule has 2 N–H and O–H groups in total. The number of hydrogen-bond donors (Lipinski definition) is 1. The third-order valence-electron chi connectivity index (χ3n) is 2.74. The van der Waals surface area contributed by atoms with E-state index in [9.17, 15) is 0 Å². The summed E-state index contributed by atoms with van der Waals surface area (Å²) < 4.78 is 2.09. The van der Waals surface area contributed by atoms with Crippen LogP contribution in [0.4, 0.5) is 5.82 Å². The van der Waals surface area contributed by atoms with E-state index in [1.165, 1.54) is 12.2 Å². The van der Waals surface area contributed by atoms with Crippen LogP contribution in [0.25, 0.3) is 4.96 Å². The minimum absolute atomic E-state index is 0.528. The van der Waals surface area contributed by atoms with Crippen LogP contribution in [0.15, 0.2) is 11.6 Å². The monoisotopic (exact) mass is 270 g/mol. The molecule has 0 amide bonds. The summed E-state index contributed by atoms with van der Waals surface area (Å²) >= 11 is 3.53. The maximum atomic E-state index is 5.83. The predicted molar refractivity (Wildman–Crippen MR) is 77.2 cm³/mol. The number of imidazole rings is 1. The highest BCUT2D eigenvalue weighted by Crippen LogP contribution is 2.23. The number of rotatable bonds is 6. The van der Waals surface area contributed by atoms with Gasteiger partial charge in [-0.2, -0.15) is 11.8 Å². The average molecular weight is 270 g/mol. The van der Waals surface area contributed by atoms with Gasteiger partial charge in [0.25, 0.3) is 0 Å². The van der Waals surface area contributed by atoms with Crippen LogP contribution < -0.4 is 10.6 Å². The van der Waals surface area contributed by atoms with Crippen LogP contribution in [-0.4, -0.2) is 35.0 Å². The molecule has 0 spiro atoms. The van der Waals surface area contributed by atoms with Gasteiger partial charge in [0, 0.05) is 31.7 Å². The Hall–Kier alpha value is -0.720. The van der Waals surface area contributed by atoms with Crippen LogP contribution >= 0.6 is 23.1 Å². The Morgan fingerprint density at radius 1 is 1.59 bits per heavy atom. The predicted octanol–water partition coefficient (Wildman–Crippen LogP) is 2.04. The lowest BCUT2D eigenvalue weighted by molar-refractivity contribution is 0.833. The van der Waals surface area contributed by atoms with Crippen LogP contribution in [0, 0.1) is 0 Å². The van der Waals surface area contributed by atoms with Crippen molar-refractivity contribution in [2.45, 2.75) is 13.0 Å². The van der Waals surface area contributed by atoms with Crippen molar-refractivity contribution in [2.75, 3.05) is 30.5 Å². The molecule has 2 rings (SSSR count). The molecule has 0 saturated heterocycles. The van der Waals surface area contributed by atoms with E-state index in [2.05, 4.69) is 27.6 Å². The molecule has 6 heteroatoms. The Morgan fingerprint density at radius 3 is 3.12 bits per heavy atom. The summed E-state index contributed by atoms with van der Waals surface area (Å²) in [7, 11) is 2.09. The molecule has 94 valence electrons. The number of fused-ring (bicyclic) bond motifs is 1. The fraction of sp³-hybridized carbons (Fsp3) is 0.545. The van der Waals surface area contributed by atoms with E-state index in [4.69, 9.17) is 5.73 Å². The van der Waals surface area contributed by atoms with E-state index >= 15 is 0 Å². The molecule has 0 saturated carbocycles. The highest BCUT2D eigenvalue weighted by molar-refractivity contribution is 7.98. The number of nitrogens with zero attached hydrogens (tertiary/aromatic N) is 3. The second-order valence-corrected chi connectivity index (χ2v) is 5.77. The molecule has 2 aromatic rings. The van der Waals surface area contributed by atoms with Gasteiger partial charge >= 0.3 is 0 Å². The molecule has 2 heterocycles. The number of anilines is 1. The smallest absolute Gasteiger partial charge is 0.195 e. The lowest BCUT2D eigenvalue weighted by Gasteiger charge is -2.17. The van der Waals surface area contributed by atoms with Crippen LogP contribution in [0.1, 0.15) is 12.1 Å². The lowest BCUT2D eigenvalue weighted by atomic mass is 10.3. The zero-order chi connectivity index (χ0) is 12.3. The van der Waals surface area contributed by atoms with E-state index in [1.807, 2.05) is 23.3 Å². The zero-order valence-electron chi connectivity index (χ0n) is 10.2. The summed E-state index contributed by atoms with van der Waals surface area (Å²) in [6.07, 6.45) is 5.35. The van der Waals surface area contributed by atoms with Gasteiger partial charge in [0.15, 0.2) is 10.8 Å². The molecule has 0 aliphatic carbocycles. The first-order chi connectivity index (χ1) is 8.27. The van der Waals surface area contributed by atoms with Crippen LogP contribution in [-0.2, 0) is 6.54 Å². The number of hydrogen-bond acceptors (Lipinski definition) is 5. The third-order valence-corrected chi connectivity index (χ3v) is 4.19. The highest BCUT2D eigenvalue weighted by atomic mass is 32.2. The third kappa shape index (κ3) is 2.59. The standard InChI is InChI=1S/C11H18N4S2/c1-14(4-3-6-16-2)10-9(8-12)15-5-7-17-11(15)13-10/h5,7H,3-4,6,8,12H2,1-2H3. The Balaban J connectivity index is 2.18. The molecular weight excluding hydrogens is 252 g/mol. The van der Waals surface area contributed by atoms with E-state index in [0.29, 0.717) is 6.54 Å². The minimum atomic E-state index is 0.528. The van der Waals surface area contributed by atoms with Gasteiger partial charge in [-0.15, -0.1) is 11.3 Å². The van der Waals surface area contributed by atoms with Gasteiger partial charge in [-0.05, 0) is 18.4 Å². The van der Waals surface area contributed by atoms with Crippen LogP contribution in [0.2, 0.25) is 0 Å². The zero-order valence-corrected chi connectivity index (χ0v) is 11.9. The molecule has 17 heavy (non-hydrogen) atoms. The van der Waals surface area contributed by atoms with Gasteiger partial charge in [0.1, 0.15) is 0 Å². The minimum Gasteiger partial charge on any atom is -0.358 e. The molecule has 0 radical (unpaired) electrons. The first-order valence-corrected chi connectivity index (χ1v) is 7.90. The summed E-state index contributed by atoms with van der Waals surface area (Å²) in [5, 5.41) is 2.04. The quantitative estimate of drug-likeness (QED) is 0.816. The molecular formula is C11H18N4S2. The molecule has 0 bridgehead atoms. The van der Waals surface area contributed by atoms with E-state index in [1.54, 1.807) is 11.3 Å². The first kappa shape index (κ1) is 12.7. The van der Waals surface area contributed by atoms with Crippen LogP contribution in [0.5, 0.6) is 0 Å². The maximum absolute atomic E-state index is 5.83. The number of nitrogens with two attached hydrogens (primary N) is 1. The van der Waals surface area contributed by atoms with Gasteiger partial charge in [-0.3, -0.25) is 4.40 Å². The molecule has 4 nitrogen and oxygen atoms in total. The topological polar surface area (TPSA) is 46.6 Å². The van der Waals surface area contributed by atoms with E-state index in [0.717, 1.165) is 23.0 Å². The van der Waals surface area contributed by atoms with Crippen molar-refractivity contribution in [1.82, 2.24) is 9.38 Å². The van der Waals surface area contributed by atoms with Crippen molar-refractivity contribution in [1.29, 1.82) is 0 Å². The molecule has 0 atom stereocenters. The summed E-state index contributed by atoms with van der Waals surface area (Å²) in [6, 6.07) is 0. The van der Waals surface area contributed by atoms with Gasteiger partial charge in [0.2, 0.25) is 0 Å². The largest absolute Gasteiger partial charge is 0.358 e. The van der Waals surface area contributed by atoms with Crippen molar-refractivity contribution in [3.8, 4) is 0 Å². The van der Waals surface area contributed by atoms with Crippen LogP contribution in [0.3, 0.4) is 0 Å². The average Bonchev–Trinajstić information content (AvgIpc) is 2.88. The second kappa shape index (κ2) is 5.75. The van der Waals surface area contributed by atoms with Crippen molar-refractivity contribution in [3.05, 3.63) is 17.3 Å². The number of aromatic nitrogens is 2. The SMILES string of the molecule is CSCCCN(C)c1nc2sccn2c1CN. The maximum Gasteiger partial charge on any atom is 0.195 e. The summed E-state index contributed by atoms with van der Waals surface area (Å²) in [5.41, 5.74) is 6.93. The van der Waals surface area contributed by atoms with E-state index in [-0.39, 0.29) is 0 Å². The Bertz CT molecular complexity index is 477. The first-order valence-electron chi connectivity index (χ1n) is 5.62. The molecule has 0 aliphatic heterocycles. The normalized spacial score (nSPS) is 11.2. The van der Waals surface area contributed by atoms with E-state index < -0.39 is 0 Å². The number of thioether (sulfide) groups is 1.